The first-order valence-corrected chi connectivity index (χ1v) is 7.04. The third kappa shape index (κ3) is 5.72. The predicted molar refractivity (Wildman–Crippen MR) is 79.3 cm³/mol. The van der Waals surface area contributed by atoms with Gasteiger partial charge in [0.1, 0.15) is 11.8 Å². The SMILES string of the molecule is CCC(CC)NC(=O)N[C@H](Cc1ccc(O)cc1)C(=O)O. The van der Waals surface area contributed by atoms with E-state index in [1.807, 2.05) is 13.8 Å². The predicted octanol–water partition coefficient (Wildman–Crippen LogP) is 1.88. The second-order valence-electron chi connectivity index (χ2n) is 4.89. The van der Waals surface area contributed by atoms with E-state index in [-0.39, 0.29) is 18.2 Å². The van der Waals surface area contributed by atoms with Crippen molar-refractivity contribution in [2.45, 2.75) is 45.2 Å². The summed E-state index contributed by atoms with van der Waals surface area (Å²) in [7, 11) is 0. The maximum absolute atomic E-state index is 11.8. The van der Waals surface area contributed by atoms with Gasteiger partial charge in [-0.3, -0.25) is 0 Å². The molecular formula is C15H22N2O4. The summed E-state index contributed by atoms with van der Waals surface area (Å²) in [6.07, 6.45) is 1.74. The summed E-state index contributed by atoms with van der Waals surface area (Å²) in [6, 6.07) is 4.78. The minimum absolute atomic E-state index is 0.0353. The molecule has 0 spiro atoms. The molecule has 0 aromatic heterocycles. The first kappa shape index (κ1) is 16.8. The van der Waals surface area contributed by atoms with E-state index in [0.29, 0.717) is 0 Å². The van der Waals surface area contributed by atoms with Crippen molar-refractivity contribution in [3.05, 3.63) is 29.8 Å². The molecule has 0 unspecified atom stereocenters. The molecule has 6 heteroatoms. The van der Waals surface area contributed by atoms with E-state index in [4.69, 9.17) is 0 Å². The number of phenolic OH excluding ortho intramolecular Hbond substituents is 1. The largest absolute Gasteiger partial charge is 0.508 e. The van der Waals surface area contributed by atoms with Gasteiger partial charge < -0.3 is 20.8 Å². The molecule has 0 radical (unpaired) electrons. The fourth-order valence-corrected chi connectivity index (χ4v) is 1.95. The molecule has 0 fully saturated rings. The molecule has 116 valence electrons. The summed E-state index contributed by atoms with van der Waals surface area (Å²) in [5.41, 5.74) is 0.725. The molecule has 21 heavy (non-hydrogen) atoms. The van der Waals surface area contributed by atoms with Gasteiger partial charge >= 0.3 is 12.0 Å². The zero-order valence-corrected chi connectivity index (χ0v) is 12.3. The Bertz CT molecular complexity index is 469. The average Bonchev–Trinajstić information content (AvgIpc) is 2.46. The number of benzene rings is 1. The quantitative estimate of drug-likeness (QED) is 0.617. The van der Waals surface area contributed by atoms with Gasteiger partial charge in [0.25, 0.3) is 0 Å². The molecule has 6 nitrogen and oxygen atoms in total. The van der Waals surface area contributed by atoms with Crippen molar-refractivity contribution < 1.29 is 19.8 Å². The summed E-state index contributed by atoms with van der Waals surface area (Å²) in [4.78, 5) is 23.0. The van der Waals surface area contributed by atoms with Crippen LogP contribution in [0.15, 0.2) is 24.3 Å². The Morgan fingerprint density at radius 1 is 1.10 bits per heavy atom. The van der Waals surface area contributed by atoms with Crippen molar-refractivity contribution in [1.82, 2.24) is 10.6 Å². The summed E-state index contributed by atoms with van der Waals surface area (Å²) >= 11 is 0. The highest BCUT2D eigenvalue weighted by Gasteiger charge is 2.21. The van der Waals surface area contributed by atoms with Gasteiger partial charge in [0.15, 0.2) is 0 Å². The molecule has 0 heterocycles. The molecule has 0 bridgehead atoms. The lowest BCUT2D eigenvalue weighted by Gasteiger charge is -2.19. The van der Waals surface area contributed by atoms with E-state index in [0.717, 1.165) is 18.4 Å². The molecule has 0 aliphatic carbocycles. The number of phenols is 1. The van der Waals surface area contributed by atoms with Crippen LogP contribution in [0, 0.1) is 0 Å². The number of urea groups is 1. The number of aliphatic carboxylic acids is 1. The van der Waals surface area contributed by atoms with Crippen LogP contribution in [0.5, 0.6) is 5.75 Å². The molecule has 0 aliphatic rings. The van der Waals surface area contributed by atoms with Gasteiger partial charge in [-0.1, -0.05) is 26.0 Å². The van der Waals surface area contributed by atoms with Gasteiger partial charge in [0.2, 0.25) is 0 Å². The zero-order chi connectivity index (χ0) is 15.8. The van der Waals surface area contributed by atoms with Crippen molar-refractivity contribution in [2.24, 2.45) is 0 Å². The summed E-state index contributed by atoms with van der Waals surface area (Å²) < 4.78 is 0. The van der Waals surface area contributed by atoms with E-state index in [1.54, 1.807) is 12.1 Å². The van der Waals surface area contributed by atoms with E-state index in [9.17, 15) is 19.8 Å². The minimum Gasteiger partial charge on any atom is -0.508 e. The van der Waals surface area contributed by atoms with Crippen molar-refractivity contribution in [3.8, 4) is 5.75 Å². The standard InChI is InChI=1S/C15H22N2O4/c1-3-11(4-2)16-15(21)17-13(14(19)20)9-10-5-7-12(18)8-6-10/h5-8,11,13,18H,3-4,9H2,1-2H3,(H,19,20)(H2,16,17,21)/t13-/m1/s1. The summed E-state index contributed by atoms with van der Waals surface area (Å²) in [5, 5.41) is 23.6. The first-order valence-electron chi connectivity index (χ1n) is 7.04. The van der Waals surface area contributed by atoms with E-state index in [1.165, 1.54) is 12.1 Å². The van der Waals surface area contributed by atoms with Crippen LogP contribution < -0.4 is 10.6 Å². The number of carboxylic acid groups (broad SMARTS) is 1. The van der Waals surface area contributed by atoms with Crippen molar-refractivity contribution >= 4 is 12.0 Å². The third-order valence-corrected chi connectivity index (χ3v) is 3.30. The van der Waals surface area contributed by atoms with Crippen LogP contribution in [0.1, 0.15) is 32.3 Å². The Kier molecular flexibility index (Phi) is 6.52. The minimum atomic E-state index is -1.09. The highest BCUT2D eigenvalue weighted by Crippen LogP contribution is 2.11. The molecule has 0 aliphatic heterocycles. The molecule has 1 atom stereocenters. The second kappa shape index (κ2) is 8.14. The lowest BCUT2D eigenvalue weighted by atomic mass is 10.1. The molecule has 4 N–H and O–H groups in total. The number of carbonyl (C=O) groups is 2. The summed E-state index contributed by atoms with van der Waals surface area (Å²) in [5.74, 6) is -0.979. The number of amides is 2. The molecular weight excluding hydrogens is 272 g/mol. The fourth-order valence-electron chi connectivity index (χ4n) is 1.95. The molecule has 1 rings (SSSR count). The van der Waals surface area contributed by atoms with Crippen molar-refractivity contribution in [2.75, 3.05) is 0 Å². The van der Waals surface area contributed by atoms with E-state index >= 15 is 0 Å². The van der Waals surface area contributed by atoms with Crippen molar-refractivity contribution in [1.29, 1.82) is 0 Å². The van der Waals surface area contributed by atoms with Crippen LogP contribution >= 0.6 is 0 Å². The normalized spacial score (nSPS) is 12.0. The number of aromatic hydroxyl groups is 1. The molecule has 1 aromatic carbocycles. The van der Waals surface area contributed by atoms with Crippen LogP contribution in [0.2, 0.25) is 0 Å². The van der Waals surface area contributed by atoms with Gasteiger partial charge in [0, 0.05) is 12.5 Å². The van der Waals surface area contributed by atoms with E-state index < -0.39 is 18.0 Å². The number of nitrogens with one attached hydrogen (secondary N) is 2. The number of carbonyl (C=O) groups excluding carboxylic acids is 1. The average molecular weight is 294 g/mol. The maximum atomic E-state index is 11.8. The van der Waals surface area contributed by atoms with Crippen molar-refractivity contribution in [3.63, 3.8) is 0 Å². The highest BCUT2D eigenvalue weighted by molar-refractivity contribution is 5.82. The van der Waals surface area contributed by atoms with Crippen LogP contribution in [0.25, 0.3) is 0 Å². The Labute approximate surface area is 124 Å². The Hall–Kier alpha value is -2.24. The fraction of sp³-hybridized carbons (Fsp3) is 0.467. The molecule has 2 amide bonds. The van der Waals surface area contributed by atoms with Crippen LogP contribution in [0.4, 0.5) is 4.79 Å². The Balaban J connectivity index is 2.63. The number of hydrogen-bond donors (Lipinski definition) is 4. The van der Waals surface area contributed by atoms with Gasteiger partial charge in [0.05, 0.1) is 0 Å². The summed E-state index contributed by atoms with van der Waals surface area (Å²) in [6.45, 7) is 3.92. The van der Waals surface area contributed by atoms with Gasteiger partial charge in [-0.15, -0.1) is 0 Å². The first-order chi connectivity index (χ1) is 9.96. The number of carboxylic acids is 1. The smallest absolute Gasteiger partial charge is 0.326 e. The molecule has 0 saturated carbocycles. The van der Waals surface area contributed by atoms with Gasteiger partial charge in [-0.05, 0) is 30.5 Å². The van der Waals surface area contributed by atoms with Crippen LogP contribution in [-0.4, -0.2) is 34.3 Å². The van der Waals surface area contributed by atoms with Gasteiger partial charge in [-0.25, -0.2) is 9.59 Å². The number of hydrogen-bond acceptors (Lipinski definition) is 3. The van der Waals surface area contributed by atoms with Crippen LogP contribution in [0.3, 0.4) is 0 Å². The Morgan fingerprint density at radius 3 is 2.14 bits per heavy atom. The Morgan fingerprint density at radius 2 is 1.67 bits per heavy atom. The van der Waals surface area contributed by atoms with Crippen LogP contribution in [-0.2, 0) is 11.2 Å². The lowest BCUT2D eigenvalue weighted by Crippen LogP contribution is -2.49. The monoisotopic (exact) mass is 294 g/mol. The highest BCUT2D eigenvalue weighted by atomic mass is 16.4. The third-order valence-electron chi connectivity index (χ3n) is 3.30. The zero-order valence-electron chi connectivity index (χ0n) is 12.3. The lowest BCUT2D eigenvalue weighted by molar-refractivity contribution is -0.139. The topological polar surface area (TPSA) is 98.7 Å². The molecule has 0 saturated heterocycles. The van der Waals surface area contributed by atoms with E-state index in [2.05, 4.69) is 10.6 Å². The number of rotatable bonds is 7. The second-order valence-corrected chi connectivity index (χ2v) is 4.89. The van der Waals surface area contributed by atoms with Gasteiger partial charge in [-0.2, -0.15) is 0 Å². The maximum Gasteiger partial charge on any atom is 0.326 e. The molecule has 1 aromatic rings.